The van der Waals surface area contributed by atoms with E-state index in [1.165, 1.54) is 5.56 Å². The summed E-state index contributed by atoms with van der Waals surface area (Å²) in [5.41, 5.74) is 5.23. The molecule has 0 saturated carbocycles. The molecule has 2 aromatic heterocycles. The van der Waals surface area contributed by atoms with Gasteiger partial charge in [0.2, 0.25) is 5.89 Å². The fourth-order valence-electron chi connectivity index (χ4n) is 4.12. The van der Waals surface area contributed by atoms with Gasteiger partial charge in [0, 0.05) is 24.7 Å². The van der Waals surface area contributed by atoms with Crippen LogP contribution in [0.1, 0.15) is 24.1 Å². The Morgan fingerprint density at radius 1 is 1.07 bits per heavy atom. The van der Waals surface area contributed by atoms with Crippen molar-refractivity contribution < 1.29 is 9.52 Å². The van der Waals surface area contributed by atoms with E-state index < -0.39 is 0 Å². The van der Waals surface area contributed by atoms with E-state index in [1.54, 1.807) is 6.26 Å². The maximum Gasteiger partial charge on any atom is 0.226 e. The molecular formula is C23H24N4O2. The summed E-state index contributed by atoms with van der Waals surface area (Å²) < 4.78 is 7.87. The van der Waals surface area contributed by atoms with Crippen LogP contribution in [0.2, 0.25) is 0 Å². The number of benzene rings is 2. The van der Waals surface area contributed by atoms with Crippen LogP contribution in [-0.4, -0.2) is 43.7 Å². The lowest BCUT2D eigenvalue weighted by Crippen LogP contribution is -2.31. The molecule has 4 aromatic rings. The molecule has 0 amide bonds. The molecule has 1 aliphatic rings. The third-order valence-corrected chi connectivity index (χ3v) is 5.71. The number of aromatic nitrogens is 3. The molecule has 6 nitrogen and oxygen atoms in total. The smallest absolute Gasteiger partial charge is 0.226 e. The van der Waals surface area contributed by atoms with Gasteiger partial charge in [-0.25, -0.2) is 9.97 Å². The van der Waals surface area contributed by atoms with E-state index in [0.29, 0.717) is 5.89 Å². The number of fused-ring (bicyclic) bond motifs is 1. The van der Waals surface area contributed by atoms with E-state index in [1.807, 2.05) is 24.5 Å². The highest BCUT2D eigenvalue weighted by Crippen LogP contribution is 2.23. The highest BCUT2D eigenvalue weighted by Gasteiger charge is 2.24. The minimum Gasteiger partial charge on any atom is -0.444 e. The maximum atomic E-state index is 9.48. The van der Waals surface area contributed by atoms with Crippen molar-refractivity contribution in [2.24, 2.45) is 0 Å². The molecule has 2 aromatic carbocycles. The monoisotopic (exact) mass is 388 g/mol. The summed E-state index contributed by atoms with van der Waals surface area (Å²) in [6, 6.07) is 16.7. The zero-order valence-corrected chi connectivity index (χ0v) is 16.2. The summed E-state index contributed by atoms with van der Waals surface area (Å²) in [6.45, 7) is 2.71. The number of likely N-dealkylation sites (tertiary alicyclic amines) is 1. The lowest BCUT2D eigenvalue weighted by atomic mass is 10.1. The molecule has 148 valence electrons. The minimum absolute atomic E-state index is 0.207. The van der Waals surface area contributed by atoms with Gasteiger partial charge >= 0.3 is 0 Å². The predicted octanol–water partition coefficient (Wildman–Crippen LogP) is 3.70. The molecule has 1 atom stereocenters. The average molecular weight is 388 g/mol. The van der Waals surface area contributed by atoms with Gasteiger partial charge in [0.25, 0.3) is 0 Å². The molecule has 6 heteroatoms. The van der Waals surface area contributed by atoms with Gasteiger partial charge in [0.1, 0.15) is 6.26 Å². The first-order valence-corrected chi connectivity index (χ1v) is 10.1. The predicted molar refractivity (Wildman–Crippen MR) is 111 cm³/mol. The van der Waals surface area contributed by atoms with Gasteiger partial charge in [-0.3, -0.25) is 4.90 Å². The van der Waals surface area contributed by atoms with Gasteiger partial charge in [0.05, 0.1) is 29.7 Å². The molecule has 0 bridgehead atoms. The summed E-state index contributed by atoms with van der Waals surface area (Å²) in [5.74, 6) is 0.638. The number of aliphatic hydroxyl groups excluding tert-OH is 1. The fraction of sp³-hybridized carbons (Fsp3) is 0.304. The van der Waals surface area contributed by atoms with Crippen molar-refractivity contribution in [1.82, 2.24) is 19.4 Å². The number of imidazole rings is 1. The second-order valence-electron chi connectivity index (χ2n) is 7.65. The van der Waals surface area contributed by atoms with E-state index in [4.69, 9.17) is 4.42 Å². The maximum absolute atomic E-state index is 9.48. The number of hydrogen-bond acceptors (Lipinski definition) is 5. The van der Waals surface area contributed by atoms with Crippen molar-refractivity contribution in [3.05, 3.63) is 72.4 Å². The van der Waals surface area contributed by atoms with Crippen LogP contribution in [0.4, 0.5) is 0 Å². The van der Waals surface area contributed by atoms with E-state index in [2.05, 4.69) is 49.8 Å². The van der Waals surface area contributed by atoms with Crippen LogP contribution in [0, 0.1) is 0 Å². The van der Waals surface area contributed by atoms with Crippen molar-refractivity contribution in [3.63, 3.8) is 0 Å². The summed E-state index contributed by atoms with van der Waals surface area (Å²) in [5, 5.41) is 9.48. The summed E-state index contributed by atoms with van der Waals surface area (Å²) in [4.78, 5) is 11.4. The van der Waals surface area contributed by atoms with Crippen LogP contribution in [0.15, 0.2) is 65.5 Å². The standard InChI is InChI=1S/C23H24N4O2/c28-14-20-4-3-11-26(20)13-19-15-29-23(25-19)18-9-7-17(8-10-18)12-27-16-24-21-5-1-2-6-22(21)27/h1-2,5-10,15-16,20,28H,3-4,11-14H2/t20-/m0/s1. The van der Waals surface area contributed by atoms with Crippen LogP contribution >= 0.6 is 0 Å². The second-order valence-corrected chi connectivity index (χ2v) is 7.65. The quantitative estimate of drug-likeness (QED) is 0.546. The van der Waals surface area contributed by atoms with Crippen molar-refractivity contribution in [1.29, 1.82) is 0 Å². The Bertz CT molecular complexity index is 1100. The van der Waals surface area contributed by atoms with E-state index in [9.17, 15) is 5.11 Å². The molecular weight excluding hydrogens is 364 g/mol. The number of nitrogens with zero attached hydrogens (tertiary/aromatic N) is 4. The Balaban J connectivity index is 1.29. The fourth-order valence-corrected chi connectivity index (χ4v) is 4.12. The third kappa shape index (κ3) is 3.69. The molecule has 0 radical (unpaired) electrons. The van der Waals surface area contributed by atoms with Crippen LogP contribution in [0.5, 0.6) is 0 Å². The Hall–Kier alpha value is -2.96. The zero-order chi connectivity index (χ0) is 19.6. The van der Waals surface area contributed by atoms with E-state index >= 15 is 0 Å². The van der Waals surface area contributed by atoms with Gasteiger partial charge in [-0.05, 0) is 49.2 Å². The molecule has 3 heterocycles. The first kappa shape index (κ1) is 18.1. The van der Waals surface area contributed by atoms with Gasteiger partial charge < -0.3 is 14.1 Å². The number of rotatable bonds is 6. The van der Waals surface area contributed by atoms with Gasteiger partial charge in [-0.15, -0.1) is 0 Å². The summed E-state index contributed by atoms with van der Waals surface area (Å²) >= 11 is 0. The number of oxazole rings is 1. The lowest BCUT2D eigenvalue weighted by molar-refractivity contribution is 0.152. The Morgan fingerprint density at radius 2 is 1.93 bits per heavy atom. The average Bonchev–Trinajstić information content (AvgIpc) is 3.50. The summed E-state index contributed by atoms with van der Waals surface area (Å²) in [7, 11) is 0. The van der Waals surface area contributed by atoms with Crippen molar-refractivity contribution in [3.8, 4) is 11.5 Å². The first-order chi connectivity index (χ1) is 14.3. The highest BCUT2D eigenvalue weighted by atomic mass is 16.3. The molecule has 0 aliphatic carbocycles. The Kier molecular flexibility index (Phi) is 4.87. The van der Waals surface area contributed by atoms with E-state index in [-0.39, 0.29) is 12.6 Å². The molecule has 1 saturated heterocycles. The van der Waals surface area contributed by atoms with Crippen molar-refractivity contribution in [2.45, 2.75) is 32.0 Å². The molecule has 0 unspecified atom stereocenters. The molecule has 29 heavy (non-hydrogen) atoms. The lowest BCUT2D eigenvalue weighted by Gasteiger charge is -2.20. The number of aliphatic hydroxyl groups is 1. The topological polar surface area (TPSA) is 67.3 Å². The van der Waals surface area contributed by atoms with Crippen LogP contribution in [-0.2, 0) is 13.1 Å². The van der Waals surface area contributed by atoms with Crippen LogP contribution in [0.3, 0.4) is 0 Å². The van der Waals surface area contributed by atoms with Gasteiger partial charge in [-0.2, -0.15) is 0 Å². The van der Waals surface area contributed by atoms with Gasteiger partial charge in [0.15, 0.2) is 0 Å². The van der Waals surface area contributed by atoms with Crippen molar-refractivity contribution in [2.75, 3.05) is 13.2 Å². The van der Waals surface area contributed by atoms with Crippen LogP contribution < -0.4 is 0 Å². The molecule has 1 N–H and O–H groups in total. The largest absolute Gasteiger partial charge is 0.444 e. The first-order valence-electron chi connectivity index (χ1n) is 10.1. The highest BCUT2D eigenvalue weighted by molar-refractivity contribution is 5.75. The third-order valence-electron chi connectivity index (χ3n) is 5.71. The summed E-state index contributed by atoms with van der Waals surface area (Å²) in [6.07, 6.45) is 5.79. The normalized spacial score (nSPS) is 17.3. The Labute approximate surface area is 169 Å². The van der Waals surface area contributed by atoms with E-state index in [0.717, 1.165) is 54.8 Å². The molecule has 5 rings (SSSR count). The van der Waals surface area contributed by atoms with Gasteiger partial charge in [-0.1, -0.05) is 24.3 Å². The Morgan fingerprint density at radius 3 is 2.79 bits per heavy atom. The number of para-hydroxylation sites is 2. The van der Waals surface area contributed by atoms with Crippen molar-refractivity contribution >= 4 is 11.0 Å². The molecule has 1 aliphatic heterocycles. The number of hydrogen-bond donors (Lipinski definition) is 1. The molecule has 1 fully saturated rings. The van der Waals surface area contributed by atoms with Crippen LogP contribution in [0.25, 0.3) is 22.5 Å². The zero-order valence-electron chi connectivity index (χ0n) is 16.2. The minimum atomic E-state index is 0.207. The SMILES string of the molecule is OC[C@@H]1CCCN1Cc1coc(-c2ccc(Cn3cnc4ccccc43)cc2)n1. The molecule has 0 spiro atoms. The second kappa shape index (κ2) is 7.81.